The van der Waals surface area contributed by atoms with Gasteiger partial charge in [-0.05, 0) is 25.5 Å². The second-order valence-electron chi connectivity index (χ2n) is 5.44. The van der Waals surface area contributed by atoms with Gasteiger partial charge in [-0.15, -0.1) is 0 Å². The topological polar surface area (TPSA) is 71.5 Å². The van der Waals surface area contributed by atoms with Crippen LogP contribution < -0.4 is 5.32 Å². The molecular formula is C14H20N2O3. The molecule has 0 saturated heterocycles. The molecule has 1 saturated carbocycles. The van der Waals surface area contributed by atoms with Crippen LogP contribution in [0, 0.1) is 5.41 Å². The Labute approximate surface area is 113 Å². The van der Waals surface area contributed by atoms with Crippen LogP contribution in [0.4, 0.5) is 5.69 Å². The molecule has 0 aromatic carbocycles. The van der Waals surface area contributed by atoms with E-state index in [2.05, 4.69) is 24.1 Å². The lowest BCUT2D eigenvalue weighted by Crippen LogP contribution is -2.58. The van der Waals surface area contributed by atoms with Gasteiger partial charge >= 0.3 is 5.97 Å². The van der Waals surface area contributed by atoms with Gasteiger partial charge in [0.25, 0.3) is 0 Å². The summed E-state index contributed by atoms with van der Waals surface area (Å²) in [5.41, 5.74) is 0.977. The van der Waals surface area contributed by atoms with Crippen LogP contribution in [0.5, 0.6) is 0 Å². The molecule has 2 rings (SSSR count). The normalized spacial score (nSPS) is 24.6. The van der Waals surface area contributed by atoms with Gasteiger partial charge in [0.05, 0.1) is 18.0 Å². The third kappa shape index (κ3) is 2.71. The van der Waals surface area contributed by atoms with E-state index < -0.39 is 5.97 Å². The lowest BCUT2D eigenvalue weighted by Gasteiger charge is -2.52. The summed E-state index contributed by atoms with van der Waals surface area (Å²) in [6.07, 6.45) is 2.80. The maximum absolute atomic E-state index is 10.7. The lowest BCUT2D eigenvalue weighted by molar-refractivity contribution is -0.0976. The van der Waals surface area contributed by atoms with Gasteiger partial charge in [0.15, 0.2) is 0 Å². The number of hydrogen-bond donors (Lipinski definition) is 2. The molecule has 2 atom stereocenters. The summed E-state index contributed by atoms with van der Waals surface area (Å²) in [7, 11) is 0. The van der Waals surface area contributed by atoms with E-state index >= 15 is 0 Å². The fourth-order valence-electron chi connectivity index (χ4n) is 2.42. The minimum absolute atomic E-state index is 0.0608. The molecule has 1 aliphatic rings. The maximum Gasteiger partial charge on any atom is 0.354 e. The van der Waals surface area contributed by atoms with Crippen molar-refractivity contribution in [3.8, 4) is 0 Å². The van der Waals surface area contributed by atoms with E-state index in [0.29, 0.717) is 6.04 Å². The number of nitrogens with one attached hydrogen (secondary N) is 1. The largest absolute Gasteiger partial charge is 0.477 e. The summed E-state index contributed by atoms with van der Waals surface area (Å²) < 4.78 is 5.68. The van der Waals surface area contributed by atoms with Crippen molar-refractivity contribution in [2.75, 3.05) is 11.9 Å². The molecule has 0 bridgehead atoms. The van der Waals surface area contributed by atoms with Crippen molar-refractivity contribution in [3.63, 3.8) is 0 Å². The Morgan fingerprint density at radius 2 is 2.32 bits per heavy atom. The average molecular weight is 264 g/mol. The van der Waals surface area contributed by atoms with Gasteiger partial charge in [0, 0.05) is 18.1 Å². The first-order valence-corrected chi connectivity index (χ1v) is 6.52. The molecule has 5 nitrogen and oxygen atoms in total. The van der Waals surface area contributed by atoms with Crippen LogP contribution in [0.3, 0.4) is 0 Å². The second-order valence-corrected chi connectivity index (χ2v) is 5.44. The van der Waals surface area contributed by atoms with E-state index in [1.165, 1.54) is 6.07 Å². The summed E-state index contributed by atoms with van der Waals surface area (Å²) in [4.78, 5) is 14.6. The zero-order valence-corrected chi connectivity index (χ0v) is 11.5. The van der Waals surface area contributed by atoms with E-state index in [-0.39, 0.29) is 17.2 Å². The Kier molecular flexibility index (Phi) is 3.75. The number of carboxylic acids is 1. The number of aromatic carboxylic acids is 1. The fourth-order valence-corrected chi connectivity index (χ4v) is 2.42. The van der Waals surface area contributed by atoms with Crippen LogP contribution in [-0.4, -0.2) is 34.8 Å². The van der Waals surface area contributed by atoms with Crippen molar-refractivity contribution >= 4 is 11.7 Å². The van der Waals surface area contributed by atoms with Crippen LogP contribution in [0.15, 0.2) is 18.3 Å². The number of nitrogens with zero attached hydrogens (tertiary/aromatic N) is 1. The van der Waals surface area contributed by atoms with Gasteiger partial charge in [0.2, 0.25) is 0 Å². The first-order valence-electron chi connectivity index (χ1n) is 6.52. The predicted octanol–water partition coefficient (Wildman–Crippen LogP) is 2.40. The average Bonchev–Trinajstić information content (AvgIpc) is 2.38. The molecule has 1 aromatic heterocycles. The van der Waals surface area contributed by atoms with Gasteiger partial charge in [-0.2, -0.15) is 0 Å². The highest BCUT2D eigenvalue weighted by atomic mass is 16.5. The smallest absolute Gasteiger partial charge is 0.354 e. The number of aromatic nitrogens is 1. The number of carboxylic acid groups (broad SMARTS) is 1. The van der Waals surface area contributed by atoms with Gasteiger partial charge in [-0.25, -0.2) is 9.78 Å². The molecule has 1 fully saturated rings. The first-order chi connectivity index (χ1) is 8.95. The molecule has 2 unspecified atom stereocenters. The highest BCUT2D eigenvalue weighted by Gasteiger charge is 2.48. The van der Waals surface area contributed by atoms with Crippen molar-refractivity contribution < 1.29 is 14.6 Å². The van der Waals surface area contributed by atoms with Crippen molar-refractivity contribution in [2.45, 2.75) is 39.3 Å². The SMILES string of the molecule is CCOC1CC(Nc2ccc(C(=O)O)nc2)C1(C)C. The number of ether oxygens (including phenoxy) is 1. The number of pyridine rings is 1. The van der Waals surface area contributed by atoms with E-state index in [9.17, 15) is 4.79 Å². The first kappa shape index (κ1) is 13.8. The van der Waals surface area contributed by atoms with Crippen molar-refractivity contribution in [1.29, 1.82) is 0 Å². The van der Waals surface area contributed by atoms with Crippen LogP contribution in [0.25, 0.3) is 0 Å². The molecule has 2 N–H and O–H groups in total. The maximum atomic E-state index is 10.7. The van der Waals surface area contributed by atoms with Gasteiger partial charge in [0.1, 0.15) is 5.69 Å². The lowest BCUT2D eigenvalue weighted by atomic mass is 9.64. The third-order valence-corrected chi connectivity index (χ3v) is 3.87. The van der Waals surface area contributed by atoms with Gasteiger partial charge < -0.3 is 15.2 Å². The van der Waals surface area contributed by atoms with Crippen LogP contribution in [-0.2, 0) is 4.74 Å². The number of rotatable bonds is 5. The fraction of sp³-hybridized carbons (Fsp3) is 0.571. The molecule has 5 heteroatoms. The quantitative estimate of drug-likeness (QED) is 0.854. The zero-order valence-electron chi connectivity index (χ0n) is 11.5. The molecule has 104 valence electrons. The molecule has 1 heterocycles. The Bertz CT molecular complexity index is 456. The Hall–Kier alpha value is -1.62. The van der Waals surface area contributed by atoms with Crippen LogP contribution in [0.1, 0.15) is 37.7 Å². The number of carbonyl (C=O) groups is 1. The monoisotopic (exact) mass is 264 g/mol. The van der Waals surface area contributed by atoms with Crippen molar-refractivity contribution in [1.82, 2.24) is 4.98 Å². The van der Waals surface area contributed by atoms with Crippen molar-refractivity contribution in [3.05, 3.63) is 24.0 Å². The summed E-state index contributed by atoms with van der Waals surface area (Å²) in [5.74, 6) is -1.01. The number of hydrogen-bond acceptors (Lipinski definition) is 4. The molecule has 0 amide bonds. The Morgan fingerprint density at radius 1 is 1.58 bits per heavy atom. The zero-order chi connectivity index (χ0) is 14.0. The molecule has 0 spiro atoms. The Morgan fingerprint density at radius 3 is 2.79 bits per heavy atom. The summed E-state index contributed by atoms with van der Waals surface area (Å²) in [5, 5.41) is 12.2. The molecule has 0 aliphatic heterocycles. The molecule has 0 radical (unpaired) electrons. The third-order valence-electron chi connectivity index (χ3n) is 3.87. The van der Waals surface area contributed by atoms with Gasteiger partial charge in [-0.1, -0.05) is 13.8 Å². The van der Waals surface area contributed by atoms with E-state index in [4.69, 9.17) is 9.84 Å². The summed E-state index contributed by atoms with van der Waals surface area (Å²) >= 11 is 0. The van der Waals surface area contributed by atoms with Gasteiger partial charge in [-0.3, -0.25) is 0 Å². The van der Waals surface area contributed by atoms with Crippen molar-refractivity contribution in [2.24, 2.45) is 5.41 Å². The second kappa shape index (κ2) is 5.17. The molecule has 19 heavy (non-hydrogen) atoms. The molecule has 1 aliphatic carbocycles. The standard InChI is InChI=1S/C14H20N2O3/c1-4-19-12-7-11(14(12,2)3)16-9-5-6-10(13(17)18)15-8-9/h5-6,8,11-12,16H,4,7H2,1-3H3,(H,17,18). The summed E-state index contributed by atoms with van der Waals surface area (Å²) in [6.45, 7) is 7.09. The highest BCUT2D eigenvalue weighted by Crippen LogP contribution is 2.44. The van der Waals surface area contributed by atoms with E-state index in [0.717, 1.165) is 18.7 Å². The van der Waals surface area contributed by atoms with E-state index in [1.807, 2.05) is 6.92 Å². The van der Waals surface area contributed by atoms with Crippen LogP contribution >= 0.6 is 0 Å². The minimum atomic E-state index is -1.01. The Balaban J connectivity index is 1.97. The summed E-state index contributed by atoms with van der Waals surface area (Å²) in [6, 6.07) is 3.58. The highest BCUT2D eigenvalue weighted by molar-refractivity contribution is 5.85. The van der Waals surface area contributed by atoms with Crippen LogP contribution in [0.2, 0.25) is 0 Å². The predicted molar refractivity (Wildman–Crippen MR) is 72.4 cm³/mol. The molecule has 1 aromatic rings. The number of anilines is 1. The minimum Gasteiger partial charge on any atom is -0.477 e. The van der Waals surface area contributed by atoms with E-state index in [1.54, 1.807) is 12.3 Å². The molecular weight excluding hydrogens is 244 g/mol.